The number of nitrogens with one attached hydrogen (secondary N) is 2. The van der Waals surface area contributed by atoms with Gasteiger partial charge < -0.3 is 20.3 Å². The Kier molecular flexibility index (Phi) is 10.3. The van der Waals surface area contributed by atoms with E-state index in [0.717, 1.165) is 25.0 Å². The summed E-state index contributed by atoms with van der Waals surface area (Å²) in [5.41, 5.74) is 0.981. The molecule has 1 heterocycles. The highest BCUT2D eigenvalue weighted by Gasteiger charge is 2.17. The summed E-state index contributed by atoms with van der Waals surface area (Å²) in [7, 11) is 3.44. The Morgan fingerprint density at radius 3 is 2.77 bits per heavy atom. The number of nitrogens with zero attached hydrogens (tertiary/aromatic N) is 2. The molecule has 1 amide bonds. The van der Waals surface area contributed by atoms with Gasteiger partial charge in [-0.15, -0.1) is 24.0 Å². The topological polar surface area (TPSA) is 66.0 Å². The Hall–Kier alpha value is -1.06. The van der Waals surface area contributed by atoms with Crippen LogP contribution in [-0.4, -0.2) is 56.7 Å². The van der Waals surface area contributed by atoms with Gasteiger partial charge >= 0.3 is 0 Å². The number of carbonyl (C=O) groups excluding carboxylic acids is 1. The lowest BCUT2D eigenvalue weighted by molar-refractivity contribution is -0.127. The first-order chi connectivity index (χ1) is 12.0. The number of aliphatic imine (C=N–C) groups is 1. The Balaban J connectivity index is 0.00000338. The third-order valence-electron chi connectivity index (χ3n) is 4.12. The second-order valence-electron chi connectivity index (χ2n) is 6.36. The second kappa shape index (κ2) is 11.6. The van der Waals surface area contributed by atoms with E-state index in [1.54, 1.807) is 14.1 Å². The van der Waals surface area contributed by atoms with Gasteiger partial charge in [-0.1, -0.05) is 29.8 Å². The molecule has 2 atom stereocenters. The van der Waals surface area contributed by atoms with Crippen LogP contribution in [0.2, 0.25) is 5.02 Å². The lowest BCUT2D eigenvalue weighted by Gasteiger charge is -2.21. The van der Waals surface area contributed by atoms with Crippen LogP contribution in [0.4, 0.5) is 0 Å². The highest BCUT2D eigenvalue weighted by Crippen LogP contribution is 2.22. The van der Waals surface area contributed by atoms with E-state index >= 15 is 0 Å². The molecule has 26 heavy (non-hydrogen) atoms. The first kappa shape index (κ1) is 23.0. The van der Waals surface area contributed by atoms with Crippen molar-refractivity contribution in [3.05, 3.63) is 34.9 Å². The van der Waals surface area contributed by atoms with E-state index in [-0.39, 0.29) is 48.6 Å². The Labute approximate surface area is 177 Å². The molecule has 2 rings (SSSR count). The van der Waals surface area contributed by atoms with Gasteiger partial charge in [0.1, 0.15) is 6.54 Å². The molecule has 1 aliphatic heterocycles. The fourth-order valence-corrected chi connectivity index (χ4v) is 2.87. The van der Waals surface area contributed by atoms with Crippen molar-refractivity contribution < 1.29 is 9.53 Å². The number of guanidine groups is 1. The van der Waals surface area contributed by atoms with E-state index in [9.17, 15) is 4.79 Å². The molecule has 1 aliphatic rings. The standard InChI is InChI=1S/C18H27ClN4O2.HI/c1-13(15-8-4-5-9-16(15)19)22-18(21-12-17(24)23(2)3)20-11-14-7-6-10-25-14;/h4-5,8-9,13-14H,6-7,10-12H2,1-3H3,(H2,20,21,22);1H. The summed E-state index contributed by atoms with van der Waals surface area (Å²) < 4.78 is 5.63. The first-order valence-corrected chi connectivity index (χ1v) is 8.96. The average molecular weight is 495 g/mol. The first-order valence-electron chi connectivity index (χ1n) is 8.58. The smallest absolute Gasteiger partial charge is 0.243 e. The lowest BCUT2D eigenvalue weighted by Crippen LogP contribution is -2.42. The Morgan fingerprint density at radius 1 is 1.42 bits per heavy atom. The summed E-state index contributed by atoms with van der Waals surface area (Å²) in [4.78, 5) is 17.8. The van der Waals surface area contributed by atoms with Gasteiger partial charge in [-0.05, 0) is 31.4 Å². The molecule has 0 spiro atoms. The van der Waals surface area contributed by atoms with E-state index in [4.69, 9.17) is 16.3 Å². The van der Waals surface area contributed by atoms with Crippen molar-refractivity contribution in [3.8, 4) is 0 Å². The number of hydrogen-bond donors (Lipinski definition) is 2. The fourth-order valence-electron chi connectivity index (χ4n) is 2.57. The number of likely N-dealkylation sites (N-methyl/N-ethyl adjacent to an activating group) is 1. The molecular weight excluding hydrogens is 467 g/mol. The number of amides is 1. The van der Waals surface area contributed by atoms with Crippen LogP contribution in [0.1, 0.15) is 31.4 Å². The molecule has 1 saturated heterocycles. The molecule has 146 valence electrons. The molecule has 0 saturated carbocycles. The van der Waals surface area contributed by atoms with E-state index in [1.807, 2.05) is 31.2 Å². The predicted octanol–water partition coefficient (Wildman–Crippen LogP) is 2.82. The average Bonchev–Trinajstić information content (AvgIpc) is 3.10. The van der Waals surface area contributed by atoms with Crippen molar-refractivity contribution in [2.24, 2.45) is 4.99 Å². The molecular formula is C18H28ClIN4O2. The van der Waals surface area contributed by atoms with Crippen molar-refractivity contribution in [2.45, 2.75) is 31.9 Å². The van der Waals surface area contributed by atoms with Gasteiger partial charge in [0.2, 0.25) is 5.91 Å². The maximum Gasteiger partial charge on any atom is 0.243 e. The Bertz CT molecular complexity index is 607. The number of ether oxygens (including phenoxy) is 1. The molecule has 1 fully saturated rings. The summed E-state index contributed by atoms with van der Waals surface area (Å²) in [6.07, 6.45) is 2.31. The molecule has 8 heteroatoms. The third kappa shape index (κ3) is 7.28. The van der Waals surface area contributed by atoms with Crippen molar-refractivity contribution in [1.82, 2.24) is 15.5 Å². The van der Waals surface area contributed by atoms with Gasteiger partial charge in [0, 0.05) is 32.3 Å². The highest BCUT2D eigenvalue weighted by molar-refractivity contribution is 14.0. The van der Waals surface area contributed by atoms with Gasteiger partial charge in [0.25, 0.3) is 0 Å². The van der Waals surface area contributed by atoms with Gasteiger partial charge in [0.05, 0.1) is 12.1 Å². The van der Waals surface area contributed by atoms with Crippen LogP contribution >= 0.6 is 35.6 Å². The van der Waals surface area contributed by atoms with Crippen LogP contribution in [-0.2, 0) is 9.53 Å². The summed E-state index contributed by atoms with van der Waals surface area (Å²) in [5, 5.41) is 7.30. The van der Waals surface area contributed by atoms with Crippen molar-refractivity contribution in [3.63, 3.8) is 0 Å². The SMILES string of the molecule is CC(NC(=NCC(=O)N(C)C)NCC1CCCO1)c1ccccc1Cl.I. The fraction of sp³-hybridized carbons (Fsp3) is 0.556. The van der Waals surface area contributed by atoms with Crippen LogP contribution in [0.25, 0.3) is 0 Å². The Morgan fingerprint density at radius 2 is 2.15 bits per heavy atom. The van der Waals surface area contributed by atoms with E-state index in [2.05, 4.69) is 15.6 Å². The molecule has 2 unspecified atom stereocenters. The summed E-state index contributed by atoms with van der Waals surface area (Å²) >= 11 is 6.27. The number of hydrogen-bond acceptors (Lipinski definition) is 3. The van der Waals surface area contributed by atoms with Crippen LogP contribution in [0, 0.1) is 0 Å². The largest absolute Gasteiger partial charge is 0.376 e. The van der Waals surface area contributed by atoms with Crippen LogP contribution in [0.5, 0.6) is 0 Å². The van der Waals surface area contributed by atoms with Crippen molar-refractivity contribution in [2.75, 3.05) is 33.8 Å². The quantitative estimate of drug-likeness (QED) is 0.363. The number of benzene rings is 1. The molecule has 2 N–H and O–H groups in total. The van der Waals surface area contributed by atoms with Crippen molar-refractivity contribution >= 4 is 47.4 Å². The molecule has 0 bridgehead atoms. The minimum Gasteiger partial charge on any atom is -0.376 e. The molecule has 1 aromatic rings. The highest BCUT2D eigenvalue weighted by atomic mass is 127. The third-order valence-corrected chi connectivity index (χ3v) is 4.46. The number of rotatable bonds is 6. The zero-order valence-electron chi connectivity index (χ0n) is 15.5. The molecule has 0 aliphatic carbocycles. The van der Waals surface area contributed by atoms with E-state index in [0.29, 0.717) is 17.5 Å². The maximum absolute atomic E-state index is 11.8. The van der Waals surface area contributed by atoms with Crippen LogP contribution < -0.4 is 10.6 Å². The zero-order chi connectivity index (χ0) is 18.2. The monoisotopic (exact) mass is 494 g/mol. The molecule has 6 nitrogen and oxygen atoms in total. The lowest BCUT2D eigenvalue weighted by atomic mass is 10.1. The summed E-state index contributed by atoms with van der Waals surface area (Å²) in [5.74, 6) is 0.529. The minimum absolute atomic E-state index is 0. The number of carbonyl (C=O) groups is 1. The van der Waals surface area contributed by atoms with Gasteiger partial charge in [-0.25, -0.2) is 4.99 Å². The zero-order valence-corrected chi connectivity index (χ0v) is 18.6. The van der Waals surface area contributed by atoms with Gasteiger partial charge in [0.15, 0.2) is 5.96 Å². The number of halogens is 2. The maximum atomic E-state index is 11.8. The summed E-state index contributed by atoms with van der Waals surface area (Å²) in [6, 6.07) is 7.65. The van der Waals surface area contributed by atoms with Gasteiger partial charge in [-0.2, -0.15) is 0 Å². The molecule has 0 aromatic heterocycles. The predicted molar refractivity (Wildman–Crippen MR) is 116 cm³/mol. The van der Waals surface area contributed by atoms with Gasteiger partial charge in [-0.3, -0.25) is 4.79 Å². The van der Waals surface area contributed by atoms with E-state index < -0.39 is 0 Å². The van der Waals surface area contributed by atoms with E-state index in [1.165, 1.54) is 4.90 Å². The molecule has 0 radical (unpaired) electrons. The summed E-state index contributed by atoms with van der Waals surface area (Å²) in [6.45, 7) is 3.57. The van der Waals surface area contributed by atoms with Crippen LogP contribution in [0.3, 0.4) is 0 Å². The normalized spacial score (nSPS) is 18.0. The second-order valence-corrected chi connectivity index (χ2v) is 6.76. The molecule has 1 aromatic carbocycles. The van der Waals surface area contributed by atoms with Crippen molar-refractivity contribution in [1.29, 1.82) is 0 Å². The minimum atomic E-state index is -0.0522. The van der Waals surface area contributed by atoms with Crippen LogP contribution in [0.15, 0.2) is 29.3 Å².